The van der Waals surface area contributed by atoms with Gasteiger partial charge >= 0.3 is 5.97 Å². The minimum absolute atomic E-state index is 0.0741. The zero-order chi connectivity index (χ0) is 18.0. The third kappa shape index (κ3) is 23.9. The fourth-order valence-corrected chi connectivity index (χ4v) is 1.57. The molecule has 0 aliphatic heterocycles. The summed E-state index contributed by atoms with van der Waals surface area (Å²) in [5, 5.41) is 7.95. The Bertz CT molecular complexity index is 216. The third-order valence-corrected chi connectivity index (χ3v) is 3.27. The molecule has 0 aromatic carbocycles. The number of amides is 1. The molecule has 0 heterocycles. The second-order valence-corrected chi connectivity index (χ2v) is 4.60. The van der Waals surface area contributed by atoms with Gasteiger partial charge in [0.1, 0.15) is 0 Å². The van der Waals surface area contributed by atoms with Crippen molar-refractivity contribution in [3.05, 3.63) is 0 Å². The van der Waals surface area contributed by atoms with Crippen molar-refractivity contribution in [3.63, 3.8) is 0 Å². The summed E-state index contributed by atoms with van der Waals surface area (Å²) in [4.78, 5) is 24.3. The normalized spacial score (nSPS) is 9.64. The lowest BCUT2D eigenvalue weighted by Gasteiger charge is -2.13. The van der Waals surface area contributed by atoms with Crippen molar-refractivity contribution < 1.29 is 14.7 Å². The molecule has 0 aromatic rings. The van der Waals surface area contributed by atoms with E-state index in [1.807, 2.05) is 0 Å². The van der Waals surface area contributed by atoms with Crippen LogP contribution >= 0.6 is 0 Å². The van der Waals surface area contributed by atoms with E-state index < -0.39 is 11.9 Å². The molecule has 0 saturated heterocycles. The van der Waals surface area contributed by atoms with E-state index in [9.17, 15) is 9.59 Å². The maximum Gasteiger partial charge on any atom is 0.303 e. The Kier molecular flexibility index (Phi) is 23.3. The van der Waals surface area contributed by atoms with Gasteiger partial charge in [-0.1, -0.05) is 41.5 Å². The lowest BCUT2D eigenvalue weighted by molar-refractivity contribution is -0.138. The number of aliphatic carboxylic acids is 1. The molecular formula is C16H37N3O3. The number of carboxylic acid groups (broad SMARTS) is 1. The predicted molar refractivity (Wildman–Crippen MR) is 93.0 cm³/mol. The largest absolute Gasteiger partial charge is 0.481 e. The summed E-state index contributed by atoms with van der Waals surface area (Å²) in [6.07, 6.45) is -0.245. The monoisotopic (exact) mass is 319 g/mol. The molecule has 134 valence electrons. The van der Waals surface area contributed by atoms with Gasteiger partial charge in [-0.2, -0.15) is 0 Å². The molecule has 0 rings (SSSR count). The fourth-order valence-electron chi connectivity index (χ4n) is 1.57. The van der Waals surface area contributed by atoms with Crippen LogP contribution in [0.15, 0.2) is 0 Å². The lowest BCUT2D eigenvalue weighted by Crippen LogP contribution is -2.21. The van der Waals surface area contributed by atoms with Crippen molar-refractivity contribution in [1.82, 2.24) is 9.80 Å². The van der Waals surface area contributed by atoms with E-state index in [1.54, 1.807) is 0 Å². The molecule has 0 unspecified atom stereocenters. The molecule has 22 heavy (non-hydrogen) atoms. The van der Waals surface area contributed by atoms with Crippen molar-refractivity contribution in [3.8, 4) is 0 Å². The van der Waals surface area contributed by atoms with Crippen molar-refractivity contribution in [2.24, 2.45) is 5.73 Å². The van der Waals surface area contributed by atoms with Crippen molar-refractivity contribution in [2.45, 2.75) is 54.4 Å². The third-order valence-electron chi connectivity index (χ3n) is 3.27. The van der Waals surface area contributed by atoms with Crippen LogP contribution < -0.4 is 5.73 Å². The number of primary amides is 1. The summed E-state index contributed by atoms with van der Waals surface area (Å²) in [6, 6.07) is 0. The summed E-state index contributed by atoms with van der Waals surface area (Å²) in [5.74, 6) is -1.57. The lowest BCUT2D eigenvalue weighted by atomic mass is 10.3. The Labute approximate surface area is 136 Å². The molecule has 0 bridgehead atoms. The molecule has 6 nitrogen and oxygen atoms in total. The highest BCUT2D eigenvalue weighted by Crippen LogP contribution is 1.84. The van der Waals surface area contributed by atoms with Gasteiger partial charge in [0.15, 0.2) is 0 Å². The Morgan fingerprint density at radius 1 is 0.727 bits per heavy atom. The van der Waals surface area contributed by atoms with E-state index in [-0.39, 0.29) is 12.8 Å². The van der Waals surface area contributed by atoms with Crippen LogP contribution in [0, 0.1) is 0 Å². The molecule has 1 amide bonds. The summed E-state index contributed by atoms with van der Waals surface area (Å²) in [6.45, 7) is 20.2. The minimum atomic E-state index is -0.996. The number of hydrogen-bond acceptors (Lipinski definition) is 4. The smallest absolute Gasteiger partial charge is 0.303 e. The summed E-state index contributed by atoms with van der Waals surface area (Å²) < 4.78 is 0. The zero-order valence-corrected chi connectivity index (χ0v) is 15.4. The zero-order valence-electron chi connectivity index (χ0n) is 15.4. The molecule has 6 heteroatoms. The van der Waals surface area contributed by atoms with Gasteiger partial charge in [-0.05, 0) is 39.3 Å². The quantitative estimate of drug-likeness (QED) is 0.679. The number of carbonyl (C=O) groups excluding carboxylic acids is 1. The van der Waals surface area contributed by atoms with Crippen LogP contribution in [-0.2, 0) is 9.59 Å². The molecule has 0 aromatic heterocycles. The number of carboxylic acids is 1. The summed E-state index contributed by atoms with van der Waals surface area (Å²) in [5.41, 5.74) is 4.64. The molecule has 0 radical (unpaired) electrons. The van der Waals surface area contributed by atoms with Gasteiger partial charge in [0.25, 0.3) is 0 Å². The molecule has 0 aliphatic rings. The molecule has 3 N–H and O–H groups in total. The highest BCUT2D eigenvalue weighted by atomic mass is 16.4. The molecule has 0 aliphatic carbocycles. The first-order valence-electron chi connectivity index (χ1n) is 8.27. The Morgan fingerprint density at radius 2 is 1.00 bits per heavy atom. The van der Waals surface area contributed by atoms with Gasteiger partial charge in [0.05, 0.1) is 6.42 Å². The maximum atomic E-state index is 9.86. The highest BCUT2D eigenvalue weighted by Gasteiger charge is 1.98. The first-order valence-corrected chi connectivity index (χ1v) is 8.27. The van der Waals surface area contributed by atoms with E-state index in [0.29, 0.717) is 0 Å². The fraction of sp³-hybridized carbons (Fsp3) is 0.875. The number of nitrogens with two attached hydrogens (primary N) is 1. The summed E-state index contributed by atoms with van der Waals surface area (Å²) in [7, 11) is 0. The number of rotatable bonds is 9. The van der Waals surface area contributed by atoms with Crippen molar-refractivity contribution in [2.75, 3.05) is 39.3 Å². The van der Waals surface area contributed by atoms with E-state index in [2.05, 4.69) is 57.1 Å². The average Bonchev–Trinajstić information content (AvgIpc) is 2.50. The van der Waals surface area contributed by atoms with Crippen LogP contribution in [0.1, 0.15) is 54.4 Å². The van der Waals surface area contributed by atoms with E-state index in [0.717, 1.165) is 0 Å². The summed E-state index contributed by atoms with van der Waals surface area (Å²) >= 11 is 0. The van der Waals surface area contributed by atoms with Crippen LogP contribution in [0.3, 0.4) is 0 Å². The van der Waals surface area contributed by atoms with Gasteiger partial charge in [-0.3, -0.25) is 9.59 Å². The van der Waals surface area contributed by atoms with E-state index in [4.69, 9.17) is 5.11 Å². The average molecular weight is 319 g/mol. The van der Waals surface area contributed by atoms with Crippen LogP contribution in [0.25, 0.3) is 0 Å². The second kappa shape index (κ2) is 19.9. The number of hydrogen-bond donors (Lipinski definition) is 2. The number of nitrogens with zero attached hydrogens (tertiary/aromatic N) is 2. The van der Waals surface area contributed by atoms with Crippen molar-refractivity contribution in [1.29, 1.82) is 0 Å². The van der Waals surface area contributed by atoms with Crippen molar-refractivity contribution >= 4 is 11.9 Å². The topological polar surface area (TPSA) is 86.9 Å². The van der Waals surface area contributed by atoms with Gasteiger partial charge in [0.2, 0.25) is 5.91 Å². The van der Waals surface area contributed by atoms with Crippen LogP contribution in [0.5, 0.6) is 0 Å². The van der Waals surface area contributed by atoms with Crippen LogP contribution in [0.4, 0.5) is 0 Å². The van der Waals surface area contributed by atoms with Gasteiger partial charge < -0.3 is 20.6 Å². The first-order chi connectivity index (χ1) is 10.3. The molecule has 0 atom stereocenters. The molecule has 0 saturated carbocycles. The maximum absolute atomic E-state index is 9.86. The predicted octanol–water partition coefficient (Wildman–Crippen LogP) is 2.03. The SMILES string of the molecule is CCN(CC)CC.CCN(CC)CC.NC(=O)CCC(=O)O. The first kappa shape index (κ1) is 25.8. The van der Waals surface area contributed by atoms with Gasteiger partial charge in [-0.25, -0.2) is 0 Å². The van der Waals surface area contributed by atoms with Crippen LogP contribution in [-0.4, -0.2) is 66.1 Å². The van der Waals surface area contributed by atoms with Gasteiger partial charge in [0, 0.05) is 6.42 Å². The molecule has 0 spiro atoms. The number of carbonyl (C=O) groups is 2. The Hall–Kier alpha value is -1.14. The standard InChI is InChI=1S/2C6H15N.C4H7NO3/c2*1-4-7(5-2)6-3;5-3(6)1-2-4(7)8/h2*4-6H2,1-3H3;1-2H2,(H2,5,6)(H,7,8). The van der Waals surface area contributed by atoms with Crippen LogP contribution in [0.2, 0.25) is 0 Å². The highest BCUT2D eigenvalue weighted by molar-refractivity contribution is 5.79. The Balaban J connectivity index is -0.000000247. The molecule has 0 fully saturated rings. The van der Waals surface area contributed by atoms with Gasteiger partial charge in [-0.15, -0.1) is 0 Å². The Morgan fingerprint density at radius 3 is 1.05 bits per heavy atom. The second-order valence-electron chi connectivity index (χ2n) is 4.60. The molecular weight excluding hydrogens is 282 g/mol. The van der Waals surface area contributed by atoms with E-state index >= 15 is 0 Å². The van der Waals surface area contributed by atoms with E-state index in [1.165, 1.54) is 39.3 Å². The minimum Gasteiger partial charge on any atom is -0.481 e.